The molecule has 2 N–H and O–H groups in total. The number of nitrogens with one attached hydrogen (secondary N) is 2. The van der Waals surface area contributed by atoms with Crippen molar-refractivity contribution in [3.05, 3.63) is 33.9 Å². The number of amides is 3. The van der Waals surface area contributed by atoms with Crippen LogP contribution in [0.1, 0.15) is 43.0 Å². The molecular formula is C18H24N4O6. The van der Waals surface area contributed by atoms with Crippen LogP contribution in [-0.2, 0) is 9.53 Å². The molecule has 1 aromatic carbocycles. The Hall–Kier alpha value is -3.17. The van der Waals surface area contributed by atoms with Crippen molar-refractivity contribution >= 4 is 29.3 Å². The fourth-order valence-electron chi connectivity index (χ4n) is 2.82. The van der Waals surface area contributed by atoms with E-state index in [9.17, 15) is 24.5 Å². The van der Waals surface area contributed by atoms with Gasteiger partial charge >= 0.3 is 12.0 Å². The molecule has 0 saturated carbocycles. The first-order valence-corrected chi connectivity index (χ1v) is 9.20. The number of carbonyl (C=O) groups is 3. The van der Waals surface area contributed by atoms with E-state index in [0.717, 1.165) is 44.8 Å². The highest BCUT2D eigenvalue weighted by molar-refractivity contribution is 5.97. The average molecular weight is 392 g/mol. The Morgan fingerprint density at radius 1 is 1.25 bits per heavy atom. The van der Waals surface area contributed by atoms with E-state index in [2.05, 4.69) is 5.32 Å². The highest BCUT2D eigenvalue weighted by Crippen LogP contribution is 2.31. The van der Waals surface area contributed by atoms with Crippen LogP contribution < -0.4 is 15.5 Å². The fraction of sp³-hybridized carbons (Fsp3) is 0.500. The number of nitro benzene ring substituents is 1. The number of esters is 1. The number of benzene rings is 1. The van der Waals surface area contributed by atoms with Crippen LogP contribution in [0.3, 0.4) is 0 Å². The van der Waals surface area contributed by atoms with E-state index in [1.54, 1.807) is 0 Å². The molecule has 0 unspecified atom stereocenters. The van der Waals surface area contributed by atoms with E-state index < -0.39 is 29.4 Å². The predicted octanol–water partition coefficient (Wildman–Crippen LogP) is 1.98. The van der Waals surface area contributed by atoms with Gasteiger partial charge in [0, 0.05) is 25.7 Å². The van der Waals surface area contributed by atoms with Crippen LogP contribution in [0.15, 0.2) is 18.2 Å². The normalized spacial score (nSPS) is 13.1. The van der Waals surface area contributed by atoms with Gasteiger partial charge in [-0.2, -0.15) is 0 Å². The molecule has 0 aromatic heterocycles. The lowest BCUT2D eigenvalue weighted by Gasteiger charge is -2.17. The second-order valence-corrected chi connectivity index (χ2v) is 6.39. The highest BCUT2D eigenvalue weighted by Gasteiger charge is 2.24. The molecule has 1 aliphatic heterocycles. The Balaban J connectivity index is 1.93. The fourth-order valence-corrected chi connectivity index (χ4v) is 2.82. The first-order chi connectivity index (χ1) is 13.4. The number of urea groups is 1. The monoisotopic (exact) mass is 392 g/mol. The number of nitro groups is 1. The van der Waals surface area contributed by atoms with Crippen molar-refractivity contribution in [3.63, 3.8) is 0 Å². The molecule has 2 rings (SSSR count). The van der Waals surface area contributed by atoms with Crippen molar-refractivity contribution in [1.29, 1.82) is 0 Å². The van der Waals surface area contributed by atoms with Gasteiger partial charge in [0.2, 0.25) is 0 Å². The number of nitrogens with zero attached hydrogens (tertiary/aromatic N) is 2. The number of imide groups is 1. The van der Waals surface area contributed by atoms with Crippen molar-refractivity contribution < 1.29 is 24.0 Å². The summed E-state index contributed by atoms with van der Waals surface area (Å²) in [5.74, 6) is -1.66. The van der Waals surface area contributed by atoms with Crippen LogP contribution in [0.25, 0.3) is 0 Å². The van der Waals surface area contributed by atoms with Gasteiger partial charge in [-0.1, -0.05) is 13.3 Å². The lowest BCUT2D eigenvalue weighted by Crippen LogP contribution is -2.41. The Labute approximate surface area is 162 Å². The predicted molar refractivity (Wildman–Crippen MR) is 101 cm³/mol. The maximum Gasteiger partial charge on any atom is 0.338 e. The van der Waals surface area contributed by atoms with Gasteiger partial charge in [0.05, 0.1) is 10.5 Å². The Morgan fingerprint density at radius 3 is 2.61 bits per heavy atom. The van der Waals surface area contributed by atoms with E-state index in [4.69, 9.17) is 4.74 Å². The van der Waals surface area contributed by atoms with E-state index in [1.807, 2.05) is 17.1 Å². The first-order valence-electron chi connectivity index (χ1n) is 9.20. The zero-order valence-electron chi connectivity index (χ0n) is 15.7. The number of ether oxygens (including phenoxy) is 1. The minimum absolute atomic E-state index is 0.0326. The number of anilines is 1. The summed E-state index contributed by atoms with van der Waals surface area (Å²) in [6, 6.07) is 3.42. The maximum absolute atomic E-state index is 12.1. The molecule has 0 radical (unpaired) electrons. The molecular weight excluding hydrogens is 368 g/mol. The van der Waals surface area contributed by atoms with E-state index in [1.165, 1.54) is 12.1 Å². The summed E-state index contributed by atoms with van der Waals surface area (Å²) in [6.07, 6.45) is 3.60. The molecule has 0 bridgehead atoms. The number of unbranched alkanes of at least 4 members (excludes halogenated alkanes) is 1. The maximum atomic E-state index is 12.1. The second-order valence-electron chi connectivity index (χ2n) is 6.39. The zero-order valence-corrected chi connectivity index (χ0v) is 15.7. The third-order valence-corrected chi connectivity index (χ3v) is 4.26. The third-order valence-electron chi connectivity index (χ3n) is 4.26. The number of hydrogen-bond donors (Lipinski definition) is 2. The highest BCUT2D eigenvalue weighted by atomic mass is 16.6. The molecule has 10 heteroatoms. The number of carbonyl (C=O) groups excluding carboxylic acids is 3. The van der Waals surface area contributed by atoms with Gasteiger partial charge in [-0.15, -0.1) is 0 Å². The summed E-state index contributed by atoms with van der Waals surface area (Å²) in [6.45, 7) is 3.19. The topological polar surface area (TPSA) is 131 Å². The molecule has 1 saturated heterocycles. The van der Waals surface area contributed by atoms with Crippen LogP contribution in [0.5, 0.6) is 0 Å². The van der Waals surface area contributed by atoms with Crippen LogP contribution in [-0.4, -0.2) is 49.1 Å². The average Bonchev–Trinajstić information content (AvgIpc) is 3.20. The van der Waals surface area contributed by atoms with Gasteiger partial charge in [0.25, 0.3) is 11.6 Å². The molecule has 0 atom stereocenters. The second kappa shape index (κ2) is 10.2. The smallest absolute Gasteiger partial charge is 0.338 e. The zero-order chi connectivity index (χ0) is 20.5. The van der Waals surface area contributed by atoms with Gasteiger partial charge in [0.1, 0.15) is 5.69 Å². The molecule has 1 aliphatic rings. The van der Waals surface area contributed by atoms with Crippen LogP contribution in [0, 0.1) is 10.1 Å². The van der Waals surface area contributed by atoms with Gasteiger partial charge < -0.3 is 15.0 Å². The van der Waals surface area contributed by atoms with Crippen molar-refractivity contribution in [1.82, 2.24) is 10.6 Å². The Bertz CT molecular complexity index is 746. The van der Waals surface area contributed by atoms with Crippen LogP contribution in [0.4, 0.5) is 16.2 Å². The van der Waals surface area contributed by atoms with Gasteiger partial charge in [-0.05, 0) is 31.4 Å². The largest absolute Gasteiger partial charge is 0.452 e. The molecule has 1 heterocycles. The van der Waals surface area contributed by atoms with Crippen molar-refractivity contribution in [2.75, 3.05) is 31.1 Å². The SMILES string of the molecule is CCCCNC(=O)NC(=O)COC(=O)c1ccc(N2CCCC2)c([N+](=O)[O-])c1. The molecule has 1 fully saturated rings. The minimum atomic E-state index is -0.877. The lowest BCUT2D eigenvalue weighted by atomic mass is 10.1. The standard InChI is InChI=1S/C18H24N4O6/c1-2-3-8-19-18(25)20-16(23)12-28-17(24)13-6-7-14(15(11-13)22(26)27)21-9-4-5-10-21/h6-7,11H,2-5,8-10,12H2,1H3,(H2,19,20,23,25). The molecule has 28 heavy (non-hydrogen) atoms. The summed E-state index contributed by atoms with van der Waals surface area (Å²) in [7, 11) is 0. The summed E-state index contributed by atoms with van der Waals surface area (Å²) in [5, 5.41) is 15.9. The number of hydrogen-bond acceptors (Lipinski definition) is 7. The molecule has 0 aliphatic carbocycles. The molecule has 152 valence electrons. The summed E-state index contributed by atoms with van der Waals surface area (Å²) in [5.41, 5.74) is 0.242. The van der Waals surface area contributed by atoms with Gasteiger partial charge in [0.15, 0.2) is 6.61 Å². The van der Waals surface area contributed by atoms with Crippen molar-refractivity contribution in [3.8, 4) is 0 Å². The summed E-state index contributed by atoms with van der Waals surface area (Å²) in [4.78, 5) is 48.0. The lowest BCUT2D eigenvalue weighted by molar-refractivity contribution is -0.384. The molecule has 10 nitrogen and oxygen atoms in total. The Kier molecular flexibility index (Phi) is 7.73. The summed E-state index contributed by atoms with van der Waals surface area (Å²) < 4.78 is 4.85. The molecule has 3 amide bonds. The van der Waals surface area contributed by atoms with Gasteiger partial charge in [-0.3, -0.25) is 20.2 Å². The van der Waals surface area contributed by atoms with Crippen LogP contribution >= 0.6 is 0 Å². The molecule has 1 aromatic rings. The quantitative estimate of drug-likeness (QED) is 0.299. The summed E-state index contributed by atoms with van der Waals surface area (Å²) >= 11 is 0. The first kappa shape index (κ1) is 21.1. The van der Waals surface area contributed by atoms with Gasteiger partial charge in [-0.25, -0.2) is 9.59 Å². The van der Waals surface area contributed by atoms with Crippen molar-refractivity contribution in [2.45, 2.75) is 32.6 Å². The van der Waals surface area contributed by atoms with E-state index >= 15 is 0 Å². The Morgan fingerprint density at radius 2 is 1.96 bits per heavy atom. The van der Waals surface area contributed by atoms with E-state index in [0.29, 0.717) is 12.2 Å². The van der Waals surface area contributed by atoms with E-state index in [-0.39, 0.29) is 11.3 Å². The molecule has 0 spiro atoms. The minimum Gasteiger partial charge on any atom is -0.452 e. The van der Waals surface area contributed by atoms with Crippen LogP contribution in [0.2, 0.25) is 0 Å². The number of rotatable bonds is 8. The van der Waals surface area contributed by atoms with Crippen molar-refractivity contribution in [2.24, 2.45) is 0 Å². The third kappa shape index (κ3) is 5.93.